The van der Waals surface area contributed by atoms with Crippen LogP contribution in [-0.4, -0.2) is 32.9 Å². The van der Waals surface area contributed by atoms with Gasteiger partial charge in [-0.25, -0.2) is 4.79 Å². The third-order valence-electron chi connectivity index (χ3n) is 3.78. The number of aromatic nitrogens is 1. The number of carboxylic acid groups (broad SMARTS) is 1. The lowest BCUT2D eigenvalue weighted by atomic mass is 10.0. The summed E-state index contributed by atoms with van der Waals surface area (Å²) in [4.78, 5) is 36.2. The van der Waals surface area contributed by atoms with E-state index in [-0.39, 0.29) is 11.3 Å². The van der Waals surface area contributed by atoms with Crippen LogP contribution >= 0.6 is 0 Å². The van der Waals surface area contributed by atoms with Gasteiger partial charge in [-0.15, -0.1) is 0 Å². The zero-order valence-corrected chi connectivity index (χ0v) is 13.4. The third-order valence-corrected chi connectivity index (χ3v) is 3.78. The van der Waals surface area contributed by atoms with E-state index in [1.54, 1.807) is 32.3 Å². The first-order valence-electron chi connectivity index (χ1n) is 7.45. The van der Waals surface area contributed by atoms with Crippen molar-refractivity contribution in [3.05, 3.63) is 22.5 Å². The van der Waals surface area contributed by atoms with Crippen molar-refractivity contribution in [2.45, 2.75) is 59.0 Å². The SMILES string of the molecule is Cc1c(C(=O)O)c2n(c1C(=O)C(=O)NC(C)(C)C)CCCC2. The molecule has 1 amide bonds. The van der Waals surface area contributed by atoms with E-state index in [2.05, 4.69) is 5.32 Å². The van der Waals surface area contributed by atoms with E-state index in [0.717, 1.165) is 12.8 Å². The first-order chi connectivity index (χ1) is 10.1. The van der Waals surface area contributed by atoms with Crippen molar-refractivity contribution in [3.63, 3.8) is 0 Å². The van der Waals surface area contributed by atoms with Crippen LogP contribution in [0.4, 0.5) is 0 Å². The number of aromatic carboxylic acids is 1. The van der Waals surface area contributed by atoms with Crippen molar-refractivity contribution < 1.29 is 19.5 Å². The van der Waals surface area contributed by atoms with Crippen LogP contribution in [0.15, 0.2) is 0 Å². The highest BCUT2D eigenvalue weighted by atomic mass is 16.4. The summed E-state index contributed by atoms with van der Waals surface area (Å²) in [5.41, 5.74) is 0.912. The molecule has 1 aliphatic heterocycles. The topological polar surface area (TPSA) is 88.4 Å². The molecule has 1 aromatic rings. The smallest absolute Gasteiger partial charge is 0.337 e. The van der Waals surface area contributed by atoms with Crippen LogP contribution in [0.5, 0.6) is 0 Å². The van der Waals surface area contributed by atoms with Crippen LogP contribution in [-0.2, 0) is 17.8 Å². The highest BCUT2D eigenvalue weighted by Gasteiger charge is 2.32. The quantitative estimate of drug-likeness (QED) is 0.659. The molecule has 0 atom stereocenters. The molecular weight excluding hydrogens is 284 g/mol. The second kappa shape index (κ2) is 5.59. The number of carboxylic acids is 1. The molecule has 0 bridgehead atoms. The van der Waals surface area contributed by atoms with Gasteiger partial charge in [-0.1, -0.05) is 0 Å². The lowest BCUT2D eigenvalue weighted by molar-refractivity contribution is -0.118. The molecule has 120 valence electrons. The minimum absolute atomic E-state index is 0.173. The van der Waals surface area contributed by atoms with E-state index in [1.165, 1.54) is 0 Å². The predicted octanol–water partition coefficient (Wildman–Crippen LogP) is 1.93. The number of rotatable bonds is 3. The Balaban J connectivity index is 2.49. The number of fused-ring (bicyclic) bond motifs is 1. The van der Waals surface area contributed by atoms with Crippen LogP contribution in [0.2, 0.25) is 0 Å². The number of Topliss-reactive ketones (excluding diaryl/α,β-unsaturated/α-hetero) is 1. The molecule has 0 unspecified atom stereocenters. The van der Waals surface area contributed by atoms with Crippen molar-refractivity contribution in [2.24, 2.45) is 0 Å². The number of nitrogens with zero attached hydrogens (tertiary/aromatic N) is 1. The van der Waals surface area contributed by atoms with Crippen molar-refractivity contribution in [3.8, 4) is 0 Å². The lowest BCUT2D eigenvalue weighted by Gasteiger charge is -2.21. The lowest BCUT2D eigenvalue weighted by Crippen LogP contribution is -2.44. The highest BCUT2D eigenvalue weighted by molar-refractivity contribution is 6.43. The molecule has 1 aromatic heterocycles. The summed E-state index contributed by atoms with van der Waals surface area (Å²) in [6.07, 6.45) is 2.39. The van der Waals surface area contributed by atoms with Gasteiger partial charge < -0.3 is 15.0 Å². The zero-order valence-electron chi connectivity index (χ0n) is 13.4. The molecular formula is C16H22N2O4. The van der Waals surface area contributed by atoms with E-state index < -0.39 is 23.2 Å². The van der Waals surface area contributed by atoms with Gasteiger partial charge in [-0.05, 0) is 52.5 Å². The summed E-state index contributed by atoms with van der Waals surface area (Å²) in [5, 5.41) is 12.1. The summed E-state index contributed by atoms with van der Waals surface area (Å²) < 4.78 is 1.72. The van der Waals surface area contributed by atoms with Crippen molar-refractivity contribution in [1.29, 1.82) is 0 Å². The summed E-state index contributed by atoms with van der Waals surface area (Å²) in [7, 11) is 0. The molecule has 22 heavy (non-hydrogen) atoms. The van der Waals surface area contributed by atoms with Gasteiger partial charge >= 0.3 is 5.97 Å². The molecule has 0 saturated carbocycles. The summed E-state index contributed by atoms with van der Waals surface area (Å²) in [6, 6.07) is 0. The Hall–Kier alpha value is -2.11. The number of carbonyl (C=O) groups excluding carboxylic acids is 2. The summed E-state index contributed by atoms with van der Waals surface area (Å²) in [6.45, 7) is 7.56. The average Bonchev–Trinajstić information content (AvgIpc) is 2.67. The number of ketones is 1. The Morgan fingerprint density at radius 1 is 1.18 bits per heavy atom. The molecule has 0 fully saturated rings. The van der Waals surface area contributed by atoms with Crippen molar-refractivity contribution in [2.75, 3.05) is 0 Å². The van der Waals surface area contributed by atoms with E-state index >= 15 is 0 Å². The number of hydrogen-bond acceptors (Lipinski definition) is 3. The summed E-state index contributed by atoms with van der Waals surface area (Å²) in [5.74, 6) is -2.40. The first-order valence-corrected chi connectivity index (χ1v) is 7.45. The second-order valence-corrected chi connectivity index (χ2v) is 6.74. The van der Waals surface area contributed by atoms with Gasteiger partial charge in [0.05, 0.1) is 11.3 Å². The monoisotopic (exact) mass is 306 g/mol. The number of amides is 1. The maximum atomic E-state index is 12.5. The molecule has 2 rings (SSSR count). The fourth-order valence-electron chi connectivity index (χ4n) is 2.96. The Morgan fingerprint density at radius 3 is 2.36 bits per heavy atom. The fraction of sp³-hybridized carbons (Fsp3) is 0.562. The van der Waals surface area contributed by atoms with Gasteiger partial charge in [-0.3, -0.25) is 9.59 Å². The van der Waals surface area contributed by atoms with Crippen LogP contribution in [0.3, 0.4) is 0 Å². The standard InChI is InChI=1S/C16H22N2O4/c1-9-11(15(21)22)10-7-5-6-8-18(10)12(9)13(19)14(20)17-16(2,3)4/h5-8H2,1-4H3,(H,17,20)(H,21,22). The summed E-state index contributed by atoms with van der Waals surface area (Å²) >= 11 is 0. The fourth-order valence-corrected chi connectivity index (χ4v) is 2.96. The van der Waals surface area contributed by atoms with Crippen LogP contribution in [0.1, 0.15) is 65.7 Å². The van der Waals surface area contributed by atoms with E-state index in [1.807, 2.05) is 0 Å². The molecule has 0 aliphatic carbocycles. The van der Waals surface area contributed by atoms with Crippen LogP contribution in [0, 0.1) is 6.92 Å². The Morgan fingerprint density at radius 2 is 1.82 bits per heavy atom. The molecule has 0 aromatic carbocycles. The zero-order chi connectivity index (χ0) is 16.7. The number of carbonyl (C=O) groups is 3. The normalized spacial score (nSPS) is 14.4. The van der Waals surface area contributed by atoms with Gasteiger partial charge in [-0.2, -0.15) is 0 Å². The highest BCUT2D eigenvalue weighted by Crippen LogP contribution is 2.28. The third kappa shape index (κ3) is 2.91. The van der Waals surface area contributed by atoms with Gasteiger partial charge in [0.1, 0.15) is 0 Å². The largest absolute Gasteiger partial charge is 0.478 e. The maximum Gasteiger partial charge on any atom is 0.337 e. The van der Waals surface area contributed by atoms with Crippen LogP contribution < -0.4 is 5.32 Å². The van der Waals surface area contributed by atoms with Crippen LogP contribution in [0.25, 0.3) is 0 Å². The van der Waals surface area contributed by atoms with Crippen molar-refractivity contribution in [1.82, 2.24) is 9.88 Å². The minimum atomic E-state index is -1.04. The molecule has 0 saturated heterocycles. The van der Waals surface area contributed by atoms with E-state index in [9.17, 15) is 19.5 Å². The molecule has 6 heteroatoms. The molecule has 2 heterocycles. The second-order valence-electron chi connectivity index (χ2n) is 6.74. The average molecular weight is 306 g/mol. The molecule has 1 aliphatic rings. The van der Waals surface area contributed by atoms with Gasteiger partial charge in [0.25, 0.3) is 11.7 Å². The number of nitrogens with one attached hydrogen (secondary N) is 1. The Kier molecular flexibility index (Phi) is 4.13. The Labute approximate surface area is 129 Å². The predicted molar refractivity (Wildman–Crippen MR) is 81.3 cm³/mol. The van der Waals surface area contributed by atoms with Gasteiger partial charge in [0.2, 0.25) is 0 Å². The van der Waals surface area contributed by atoms with E-state index in [0.29, 0.717) is 24.2 Å². The molecule has 6 nitrogen and oxygen atoms in total. The Bertz CT molecular complexity index is 650. The van der Waals surface area contributed by atoms with Gasteiger partial charge in [0, 0.05) is 17.8 Å². The van der Waals surface area contributed by atoms with Gasteiger partial charge in [0.15, 0.2) is 0 Å². The van der Waals surface area contributed by atoms with Crippen molar-refractivity contribution >= 4 is 17.7 Å². The number of hydrogen-bond donors (Lipinski definition) is 2. The molecule has 0 radical (unpaired) electrons. The minimum Gasteiger partial charge on any atom is -0.478 e. The first kappa shape index (κ1) is 16.3. The van der Waals surface area contributed by atoms with E-state index in [4.69, 9.17) is 0 Å². The molecule has 0 spiro atoms. The maximum absolute atomic E-state index is 12.5. The molecule has 2 N–H and O–H groups in total.